The molecule has 4 heteroatoms. The average Bonchev–Trinajstić information content (AvgIpc) is 2.89. The Labute approximate surface area is 112 Å². The molecule has 18 heavy (non-hydrogen) atoms. The predicted molar refractivity (Wildman–Crippen MR) is 78.1 cm³/mol. The van der Waals surface area contributed by atoms with Crippen LogP contribution in [-0.4, -0.2) is 19.1 Å². The second-order valence-corrected chi connectivity index (χ2v) is 5.29. The molecule has 1 heterocycles. The van der Waals surface area contributed by atoms with Crippen LogP contribution in [0.1, 0.15) is 24.2 Å². The summed E-state index contributed by atoms with van der Waals surface area (Å²) >= 11 is 1.64. The van der Waals surface area contributed by atoms with E-state index in [2.05, 4.69) is 65.9 Å². The van der Waals surface area contributed by atoms with Crippen molar-refractivity contribution >= 4 is 17.0 Å². The van der Waals surface area contributed by atoms with Crippen LogP contribution in [-0.2, 0) is 6.54 Å². The van der Waals surface area contributed by atoms with Gasteiger partial charge in [0.2, 0.25) is 0 Å². The lowest BCUT2D eigenvalue weighted by Crippen LogP contribution is -2.18. The molecule has 0 aliphatic heterocycles. The monoisotopic (exact) mass is 261 g/mol. The number of nitrogens with one attached hydrogen (secondary N) is 1. The van der Waals surface area contributed by atoms with Crippen molar-refractivity contribution < 1.29 is 0 Å². The van der Waals surface area contributed by atoms with Gasteiger partial charge in [-0.25, -0.2) is 4.98 Å². The summed E-state index contributed by atoms with van der Waals surface area (Å²) in [5.41, 5.74) is 5.51. The second-order valence-electron chi connectivity index (χ2n) is 4.57. The molecule has 0 aliphatic rings. The molecule has 0 saturated carbocycles. The maximum absolute atomic E-state index is 4.27. The number of anilines is 1. The zero-order valence-corrected chi connectivity index (χ0v) is 11.9. The zero-order valence-electron chi connectivity index (χ0n) is 11.1. The minimum Gasteiger partial charge on any atom is -0.378 e. The Kier molecular flexibility index (Phi) is 4.33. The smallest absolute Gasteiger partial charge is 0.0795 e. The minimum atomic E-state index is 0.336. The molecule has 1 unspecified atom stereocenters. The van der Waals surface area contributed by atoms with Gasteiger partial charge >= 0.3 is 0 Å². The van der Waals surface area contributed by atoms with E-state index in [4.69, 9.17) is 0 Å². The van der Waals surface area contributed by atoms with Crippen LogP contribution in [0.4, 0.5) is 5.69 Å². The Morgan fingerprint density at radius 1 is 1.28 bits per heavy atom. The number of rotatable bonds is 5. The molecule has 96 valence electrons. The number of hydrogen-bond acceptors (Lipinski definition) is 4. The third-order valence-electron chi connectivity index (χ3n) is 2.98. The van der Waals surface area contributed by atoms with E-state index >= 15 is 0 Å². The van der Waals surface area contributed by atoms with Crippen LogP contribution in [0.25, 0.3) is 0 Å². The van der Waals surface area contributed by atoms with Gasteiger partial charge in [-0.1, -0.05) is 12.1 Å². The Morgan fingerprint density at radius 2 is 2.00 bits per heavy atom. The van der Waals surface area contributed by atoms with Gasteiger partial charge in [-0.05, 0) is 24.6 Å². The number of aromatic nitrogens is 1. The van der Waals surface area contributed by atoms with Crippen LogP contribution in [0.3, 0.4) is 0 Å². The van der Waals surface area contributed by atoms with E-state index in [1.807, 2.05) is 5.51 Å². The van der Waals surface area contributed by atoms with Crippen LogP contribution in [0.5, 0.6) is 0 Å². The van der Waals surface area contributed by atoms with Crippen molar-refractivity contribution in [2.24, 2.45) is 0 Å². The van der Waals surface area contributed by atoms with Crippen molar-refractivity contribution in [1.29, 1.82) is 0 Å². The normalized spacial score (nSPS) is 12.4. The molecule has 2 rings (SSSR count). The van der Waals surface area contributed by atoms with Gasteiger partial charge in [-0.15, -0.1) is 11.3 Å². The van der Waals surface area contributed by atoms with Gasteiger partial charge in [0, 0.05) is 37.7 Å². The van der Waals surface area contributed by atoms with Gasteiger partial charge in [-0.3, -0.25) is 0 Å². The molecule has 1 aromatic heterocycles. The Hall–Kier alpha value is -1.39. The SMILES string of the molecule is CC(NCc1cscn1)c1ccc(N(C)C)cc1. The first-order valence-corrected chi connectivity index (χ1v) is 6.99. The van der Waals surface area contributed by atoms with Gasteiger partial charge in [0.05, 0.1) is 11.2 Å². The summed E-state index contributed by atoms with van der Waals surface area (Å²) < 4.78 is 0. The summed E-state index contributed by atoms with van der Waals surface area (Å²) in [6.07, 6.45) is 0. The fraction of sp³-hybridized carbons (Fsp3) is 0.357. The van der Waals surface area contributed by atoms with Crippen molar-refractivity contribution in [3.63, 3.8) is 0 Å². The first-order valence-electron chi connectivity index (χ1n) is 6.04. The van der Waals surface area contributed by atoms with Gasteiger partial charge in [0.15, 0.2) is 0 Å². The summed E-state index contributed by atoms with van der Waals surface area (Å²) in [5, 5.41) is 5.56. The van der Waals surface area contributed by atoms with Gasteiger partial charge < -0.3 is 10.2 Å². The molecule has 1 aromatic carbocycles. The molecule has 2 aromatic rings. The standard InChI is InChI=1S/C14H19N3S/c1-11(15-8-13-9-18-10-16-13)12-4-6-14(7-5-12)17(2)3/h4-7,9-11,15H,8H2,1-3H3. The summed E-state index contributed by atoms with van der Waals surface area (Å²) in [5.74, 6) is 0. The Morgan fingerprint density at radius 3 is 2.56 bits per heavy atom. The molecular weight excluding hydrogens is 242 g/mol. The van der Waals surface area contributed by atoms with Crippen LogP contribution in [0, 0.1) is 0 Å². The van der Waals surface area contributed by atoms with E-state index < -0.39 is 0 Å². The number of hydrogen-bond donors (Lipinski definition) is 1. The third-order valence-corrected chi connectivity index (χ3v) is 3.62. The Bertz CT molecular complexity index is 462. The molecule has 3 nitrogen and oxygen atoms in total. The first-order chi connectivity index (χ1) is 8.66. The molecule has 0 spiro atoms. The molecule has 0 bridgehead atoms. The quantitative estimate of drug-likeness (QED) is 0.896. The molecule has 0 fully saturated rings. The van der Waals surface area contributed by atoms with Gasteiger partial charge in [0.25, 0.3) is 0 Å². The number of nitrogens with zero attached hydrogens (tertiary/aromatic N) is 2. The number of benzene rings is 1. The maximum Gasteiger partial charge on any atom is 0.0795 e. The van der Waals surface area contributed by atoms with Crippen molar-refractivity contribution in [3.05, 3.63) is 46.4 Å². The molecule has 1 atom stereocenters. The van der Waals surface area contributed by atoms with E-state index in [9.17, 15) is 0 Å². The van der Waals surface area contributed by atoms with E-state index in [-0.39, 0.29) is 0 Å². The van der Waals surface area contributed by atoms with Crippen LogP contribution >= 0.6 is 11.3 Å². The molecule has 0 amide bonds. The van der Waals surface area contributed by atoms with E-state index in [0.717, 1.165) is 12.2 Å². The summed E-state index contributed by atoms with van der Waals surface area (Å²) in [4.78, 5) is 6.38. The molecule has 1 N–H and O–H groups in total. The minimum absolute atomic E-state index is 0.336. The summed E-state index contributed by atoms with van der Waals surface area (Å²) in [7, 11) is 4.11. The van der Waals surface area contributed by atoms with Crippen LogP contribution in [0.2, 0.25) is 0 Å². The van der Waals surface area contributed by atoms with Crippen molar-refractivity contribution in [1.82, 2.24) is 10.3 Å². The fourth-order valence-corrected chi connectivity index (χ4v) is 2.32. The van der Waals surface area contributed by atoms with Crippen LogP contribution < -0.4 is 10.2 Å². The van der Waals surface area contributed by atoms with E-state index in [1.54, 1.807) is 11.3 Å². The molecule has 0 saturated heterocycles. The van der Waals surface area contributed by atoms with Gasteiger partial charge in [-0.2, -0.15) is 0 Å². The molecule has 0 radical (unpaired) electrons. The zero-order chi connectivity index (χ0) is 13.0. The highest BCUT2D eigenvalue weighted by atomic mass is 32.1. The number of thiazole rings is 1. The van der Waals surface area contributed by atoms with Gasteiger partial charge in [0.1, 0.15) is 0 Å². The maximum atomic E-state index is 4.27. The van der Waals surface area contributed by atoms with E-state index in [1.165, 1.54) is 11.3 Å². The highest BCUT2D eigenvalue weighted by Gasteiger charge is 2.05. The third kappa shape index (κ3) is 3.31. The van der Waals surface area contributed by atoms with E-state index in [0.29, 0.717) is 6.04 Å². The van der Waals surface area contributed by atoms with Crippen molar-refractivity contribution in [2.75, 3.05) is 19.0 Å². The predicted octanol–water partition coefficient (Wildman–Crippen LogP) is 3.06. The lowest BCUT2D eigenvalue weighted by atomic mass is 10.1. The highest BCUT2D eigenvalue weighted by molar-refractivity contribution is 7.07. The van der Waals surface area contributed by atoms with Crippen molar-refractivity contribution in [3.8, 4) is 0 Å². The molecule has 0 aliphatic carbocycles. The average molecular weight is 261 g/mol. The fourth-order valence-electron chi connectivity index (χ4n) is 1.76. The Balaban J connectivity index is 1.94. The largest absolute Gasteiger partial charge is 0.378 e. The molecular formula is C14H19N3S. The van der Waals surface area contributed by atoms with Crippen molar-refractivity contribution in [2.45, 2.75) is 19.5 Å². The summed E-state index contributed by atoms with van der Waals surface area (Å²) in [6.45, 7) is 3.00. The summed E-state index contributed by atoms with van der Waals surface area (Å²) in [6, 6.07) is 8.98. The lowest BCUT2D eigenvalue weighted by Gasteiger charge is -2.16. The first kappa shape index (κ1) is 13.1. The lowest BCUT2D eigenvalue weighted by molar-refractivity contribution is 0.569. The highest BCUT2D eigenvalue weighted by Crippen LogP contribution is 2.18. The van der Waals surface area contributed by atoms with Crippen LogP contribution in [0.15, 0.2) is 35.2 Å². The second kappa shape index (κ2) is 5.98. The topological polar surface area (TPSA) is 28.2 Å².